The van der Waals surface area contributed by atoms with E-state index in [4.69, 9.17) is 29.0 Å². The number of ether oxygens (including phenoxy) is 3. The van der Waals surface area contributed by atoms with Crippen LogP contribution in [0.25, 0.3) is 11.2 Å². The molecule has 32 heavy (non-hydrogen) atoms. The van der Waals surface area contributed by atoms with Crippen LogP contribution in [0.3, 0.4) is 0 Å². The van der Waals surface area contributed by atoms with Crippen molar-refractivity contribution < 1.29 is 32.7 Å². The van der Waals surface area contributed by atoms with Crippen LogP contribution < -0.4 is 5.73 Å². The summed E-state index contributed by atoms with van der Waals surface area (Å²) in [6.45, 7) is 10.7. The molecular weight excluding hydrogens is 441 g/mol. The summed E-state index contributed by atoms with van der Waals surface area (Å²) in [5.74, 6) is 0.222. The van der Waals surface area contributed by atoms with Crippen LogP contribution in [0.2, 0.25) is 0 Å². The van der Waals surface area contributed by atoms with Crippen molar-refractivity contribution in [3.05, 3.63) is 12.7 Å². The normalized spacial score (nSPS) is 26.5. The van der Waals surface area contributed by atoms with Crippen LogP contribution in [0, 0.1) is 0 Å². The molecule has 0 saturated carbocycles. The average molecular weight is 473 g/mol. The molecule has 0 spiro atoms. The Kier molecular flexibility index (Phi) is 6.98. The number of hydrogen-bond donors (Lipinski definition) is 2. The van der Waals surface area contributed by atoms with Gasteiger partial charge in [0.05, 0.1) is 24.1 Å². The molecule has 1 aliphatic heterocycles. The number of rotatable bonds is 7. The SMILES string of the molecule is CO[C@H]1C(OP(=O)(O)OC(C)(C)C)[C@@H](COC(C)(C)C)O[C@H]1n1cnc2c(N)ncnc21. The molecule has 3 rings (SSSR count). The van der Waals surface area contributed by atoms with Gasteiger partial charge in [0, 0.05) is 7.11 Å². The third-order valence-electron chi connectivity index (χ3n) is 4.54. The van der Waals surface area contributed by atoms with Crippen molar-refractivity contribution in [2.24, 2.45) is 0 Å². The molecule has 2 aromatic rings. The third-order valence-corrected chi connectivity index (χ3v) is 5.83. The van der Waals surface area contributed by atoms with Gasteiger partial charge in [-0.3, -0.25) is 13.6 Å². The summed E-state index contributed by atoms with van der Waals surface area (Å²) < 4.78 is 43.0. The summed E-state index contributed by atoms with van der Waals surface area (Å²) in [5.41, 5.74) is 5.36. The molecule has 0 amide bonds. The predicted molar refractivity (Wildman–Crippen MR) is 116 cm³/mol. The second kappa shape index (κ2) is 8.94. The molecule has 3 N–H and O–H groups in total. The van der Waals surface area contributed by atoms with Gasteiger partial charge >= 0.3 is 7.82 Å². The molecule has 180 valence electrons. The van der Waals surface area contributed by atoms with Crippen LogP contribution in [0.5, 0.6) is 0 Å². The van der Waals surface area contributed by atoms with Crippen molar-refractivity contribution in [2.45, 2.75) is 77.3 Å². The highest BCUT2D eigenvalue weighted by molar-refractivity contribution is 7.47. The van der Waals surface area contributed by atoms with Gasteiger partial charge in [0.1, 0.15) is 30.2 Å². The number of methoxy groups -OCH3 is 1. The first-order valence-corrected chi connectivity index (χ1v) is 11.7. The number of phosphoric ester groups is 1. The monoisotopic (exact) mass is 473 g/mol. The first kappa shape index (κ1) is 25.0. The van der Waals surface area contributed by atoms with Gasteiger partial charge in [0.15, 0.2) is 17.7 Å². The number of imidazole rings is 1. The molecule has 1 saturated heterocycles. The molecule has 1 aliphatic rings. The quantitative estimate of drug-likeness (QED) is 0.570. The highest BCUT2D eigenvalue weighted by atomic mass is 31.2. The van der Waals surface area contributed by atoms with Crippen molar-refractivity contribution in [1.82, 2.24) is 19.5 Å². The lowest BCUT2D eigenvalue weighted by molar-refractivity contribution is -0.0999. The van der Waals surface area contributed by atoms with Crippen LogP contribution in [0.1, 0.15) is 47.8 Å². The molecule has 0 bridgehead atoms. The van der Waals surface area contributed by atoms with Gasteiger partial charge in [0.2, 0.25) is 0 Å². The third kappa shape index (κ3) is 5.82. The lowest BCUT2D eigenvalue weighted by Gasteiger charge is -2.29. The topological polar surface area (TPSA) is 153 Å². The van der Waals surface area contributed by atoms with E-state index in [9.17, 15) is 9.46 Å². The van der Waals surface area contributed by atoms with E-state index in [0.29, 0.717) is 11.2 Å². The van der Waals surface area contributed by atoms with Gasteiger partial charge in [-0.15, -0.1) is 0 Å². The minimum Gasteiger partial charge on any atom is -0.382 e. The Morgan fingerprint density at radius 3 is 2.44 bits per heavy atom. The fourth-order valence-electron chi connectivity index (χ4n) is 3.35. The maximum atomic E-state index is 12.7. The summed E-state index contributed by atoms with van der Waals surface area (Å²) in [6.07, 6.45) is -0.499. The minimum absolute atomic E-state index is 0.0871. The van der Waals surface area contributed by atoms with Crippen molar-refractivity contribution in [1.29, 1.82) is 0 Å². The Morgan fingerprint density at radius 2 is 1.84 bits per heavy atom. The Morgan fingerprint density at radius 1 is 1.16 bits per heavy atom. The predicted octanol–water partition coefficient (Wildman–Crippen LogP) is 2.44. The molecule has 3 heterocycles. The van der Waals surface area contributed by atoms with Gasteiger partial charge < -0.3 is 24.8 Å². The standard InChI is InChI=1S/C19H32N5O7P/c1-18(2,3)28-8-11-13(30-32(25,26)31-19(4,5)6)14(27-7)17(29-11)24-10-23-12-15(20)21-9-22-16(12)24/h9-11,13-14,17H,8H2,1-7H3,(H,25,26)(H2,20,21,22)/t11-,13?,14+,17-/m1/s1. The van der Waals surface area contributed by atoms with E-state index in [2.05, 4.69) is 15.0 Å². The zero-order valence-corrected chi connectivity index (χ0v) is 20.3. The van der Waals surface area contributed by atoms with Gasteiger partial charge in [-0.25, -0.2) is 19.5 Å². The lowest BCUT2D eigenvalue weighted by Crippen LogP contribution is -2.39. The Hall–Kier alpha value is -1.66. The van der Waals surface area contributed by atoms with E-state index < -0.39 is 43.6 Å². The first-order valence-electron chi connectivity index (χ1n) is 10.2. The Balaban J connectivity index is 1.96. The Labute approximate surface area is 187 Å². The van der Waals surface area contributed by atoms with E-state index >= 15 is 0 Å². The number of hydrogen-bond acceptors (Lipinski definition) is 10. The van der Waals surface area contributed by atoms with E-state index in [0.717, 1.165) is 0 Å². The molecular formula is C19H32N5O7P. The van der Waals surface area contributed by atoms with Crippen molar-refractivity contribution in [3.8, 4) is 0 Å². The van der Waals surface area contributed by atoms with E-state index in [1.807, 2.05) is 20.8 Å². The van der Waals surface area contributed by atoms with E-state index in [1.165, 1.54) is 19.8 Å². The lowest BCUT2D eigenvalue weighted by atomic mass is 10.1. The number of nitrogen functional groups attached to an aromatic ring is 1. The van der Waals surface area contributed by atoms with E-state index in [-0.39, 0.29) is 12.4 Å². The maximum Gasteiger partial charge on any atom is 0.473 e. The number of nitrogens with zero attached hydrogens (tertiary/aromatic N) is 4. The minimum atomic E-state index is -4.46. The number of anilines is 1. The van der Waals surface area contributed by atoms with Crippen molar-refractivity contribution in [2.75, 3.05) is 19.5 Å². The number of fused-ring (bicyclic) bond motifs is 1. The first-order chi connectivity index (χ1) is 14.7. The van der Waals surface area contributed by atoms with Gasteiger partial charge in [-0.2, -0.15) is 0 Å². The maximum absolute atomic E-state index is 12.7. The van der Waals surface area contributed by atoms with Crippen molar-refractivity contribution in [3.63, 3.8) is 0 Å². The summed E-state index contributed by atoms with van der Waals surface area (Å²) in [7, 11) is -3.00. The smallest absolute Gasteiger partial charge is 0.382 e. The number of phosphoric acid groups is 1. The van der Waals surface area contributed by atoms with Crippen molar-refractivity contribution >= 4 is 24.8 Å². The van der Waals surface area contributed by atoms with Gasteiger partial charge in [-0.1, -0.05) is 0 Å². The van der Waals surface area contributed by atoms with Crippen LogP contribution >= 0.6 is 7.82 Å². The molecule has 0 radical (unpaired) electrons. The molecule has 2 aromatic heterocycles. The molecule has 2 unspecified atom stereocenters. The second-order valence-corrected chi connectivity index (χ2v) is 10.8. The highest BCUT2D eigenvalue weighted by Gasteiger charge is 2.51. The molecule has 1 fully saturated rings. The fraction of sp³-hybridized carbons (Fsp3) is 0.737. The molecule has 13 heteroatoms. The largest absolute Gasteiger partial charge is 0.473 e. The second-order valence-electron chi connectivity index (χ2n) is 9.51. The van der Waals surface area contributed by atoms with Crippen LogP contribution in [-0.2, 0) is 27.8 Å². The summed E-state index contributed by atoms with van der Waals surface area (Å²) in [6, 6.07) is 0. The van der Waals surface area contributed by atoms with Crippen LogP contribution in [0.4, 0.5) is 5.82 Å². The highest BCUT2D eigenvalue weighted by Crippen LogP contribution is 2.51. The average Bonchev–Trinajstić information content (AvgIpc) is 3.19. The van der Waals surface area contributed by atoms with E-state index in [1.54, 1.807) is 25.3 Å². The summed E-state index contributed by atoms with van der Waals surface area (Å²) in [5, 5.41) is 0. The molecule has 0 aliphatic carbocycles. The molecule has 5 atom stereocenters. The molecule has 0 aromatic carbocycles. The number of aromatic nitrogens is 4. The van der Waals surface area contributed by atoms with Gasteiger partial charge in [0.25, 0.3) is 0 Å². The zero-order chi connectivity index (χ0) is 23.9. The zero-order valence-electron chi connectivity index (χ0n) is 19.4. The number of nitrogens with two attached hydrogens (primary N) is 1. The Bertz CT molecular complexity index is 987. The van der Waals surface area contributed by atoms with Crippen LogP contribution in [0.15, 0.2) is 12.7 Å². The fourth-order valence-corrected chi connectivity index (χ4v) is 4.65. The molecule has 12 nitrogen and oxygen atoms in total. The van der Waals surface area contributed by atoms with Crippen LogP contribution in [-0.4, -0.2) is 67.6 Å². The van der Waals surface area contributed by atoms with Gasteiger partial charge in [-0.05, 0) is 41.5 Å². The summed E-state index contributed by atoms with van der Waals surface area (Å²) >= 11 is 0. The summed E-state index contributed by atoms with van der Waals surface area (Å²) in [4.78, 5) is 22.9.